The molecule has 128 valence electrons. The number of imidazole rings is 1. The molecule has 1 fully saturated rings. The fourth-order valence-corrected chi connectivity index (χ4v) is 3.08. The van der Waals surface area contributed by atoms with Crippen molar-refractivity contribution in [1.82, 2.24) is 4.57 Å². The summed E-state index contributed by atoms with van der Waals surface area (Å²) in [7, 11) is 1.96. The van der Waals surface area contributed by atoms with Gasteiger partial charge in [0.05, 0.1) is 13.2 Å². The number of rotatable bonds is 7. The summed E-state index contributed by atoms with van der Waals surface area (Å²) in [4.78, 5) is 12.6. The second-order valence-electron chi connectivity index (χ2n) is 6.32. The molecule has 1 aromatic heterocycles. The van der Waals surface area contributed by atoms with Gasteiger partial charge in [0, 0.05) is 0 Å². The van der Waals surface area contributed by atoms with Crippen LogP contribution in [0.25, 0.3) is 0 Å². The van der Waals surface area contributed by atoms with Crippen molar-refractivity contribution >= 4 is 5.97 Å². The highest BCUT2D eigenvalue weighted by Crippen LogP contribution is 2.28. The number of benzene rings is 1. The predicted octanol–water partition coefficient (Wildman–Crippen LogP) is 2.56. The van der Waals surface area contributed by atoms with Crippen LogP contribution in [0.5, 0.6) is 0 Å². The summed E-state index contributed by atoms with van der Waals surface area (Å²) in [6.07, 6.45) is 9.79. The van der Waals surface area contributed by atoms with Crippen LogP contribution in [-0.2, 0) is 27.9 Å². The minimum Gasteiger partial charge on any atom is -0.459 e. The summed E-state index contributed by atoms with van der Waals surface area (Å²) in [5.41, 5.74) is 0.863. The second kappa shape index (κ2) is 8.11. The molecule has 1 aliphatic carbocycles. The van der Waals surface area contributed by atoms with Crippen LogP contribution in [0, 0.1) is 0 Å². The summed E-state index contributed by atoms with van der Waals surface area (Å²) in [5.74, 6) is -0.301. The molecule has 1 saturated carbocycles. The van der Waals surface area contributed by atoms with Crippen LogP contribution in [0.15, 0.2) is 49.1 Å². The highest BCUT2D eigenvalue weighted by Gasteiger charge is 2.28. The van der Waals surface area contributed by atoms with Crippen molar-refractivity contribution in [2.75, 3.05) is 6.61 Å². The number of ether oxygens (including phenoxy) is 2. The first kappa shape index (κ1) is 16.7. The van der Waals surface area contributed by atoms with Crippen LogP contribution >= 0.6 is 0 Å². The molecule has 0 aliphatic heterocycles. The van der Waals surface area contributed by atoms with Gasteiger partial charge in [0.25, 0.3) is 0 Å². The van der Waals surface area contributed by atoms with Gasteiger partial charge in [-0.2, -0.15) is 0 Å². The van der Waals surface area contributed by atoms with E-state index in [2.05, 4.69) is 0 Å². The number of carbonyl (C=O) groups excluding carboxylic acids is 1. The SMILES string of the molecule is C[n+]1ccn(CCOC(=O)C(OC2CCCC2)c2ccccc2)c1. The van der Waals surface area contributed by atoms with Crippen molar-refractivity contribution in [3.8, 4) is 0 Å². The smallest absolute Gasteiger partial charge is 0.340 e. The Morgan fingerprint density at radius 1 is 1.29 bits per heavy atom. The Balaban J connectivity index is 1.59. The standard InChI is InChI=1S/C19H25N2O3/c1-20-11-12-21(15-20)13-14-23-19(22)18(16-7-3-2-4-8-16)24-17-9-5-6-10-17/h2-4,7-8,11-12,15,17-18H,5-6,9-10,13-14H2,1H3/q+1. The number of aryl methyl sites for hydroxylation is 1. The van der Waals surface area contributed by atoms with E-state index < -0.39 is 6.10 Å². The minimum absolute atomic E-state index is 0.159. The first-order chi connectivity index (χ1) is 11.7. The van der Waals surface area contributed by atoms with E-state index in [1.165, 1.54) is 12.8 Å². The van der Waals surface area contributed by atoms with Gasteiger partial charge in [-0.1, -0.05) is 43.2 Å². The van der Waals surface area contributed by atoms with Crippen LogP contribution in [0.1, 0.15) is 37.4 Å². The molecule has 1 aromatic carbocycles. The third-order valence-corrected chi connectivity index (χ3v) is 4.36. The van der Waals surface area contributed by atoms with Crippen LogP contribution in [0.2, 0.25) is 0 Å². The van der Waals surface area contributed by atoms with Crippen LogP contribution in [0.3, 0.4) is 0 Å². The fraction of sp³-hybridized carbons (Fsp3) is 0.474. The molecule has 0 N–H and O–H groups in total. The van der Waals surface area contributed by atoms with Gasteiger partial charge in [0.15, 0.2) is 6.10 Å². The van der Waals surface area contributed by atoms with Crippen LogP contribution in [0.4, 0.5) is 0 Å². The second-order valence-corrected chi connectivity index (χ2v) is 6.32. The molecule has 24 heavy (non-hydrogen) atoms. The molecule has 1 unspecified atom stereocenters. The van der Waals surface area contributed by atoms with Crippen molar-refractivity contribution < 1.29 is 18.8 Å². The van der Waals surface area contributed by atoms with E-state index in [9.17, 15) is 4.79 Å². The number of hydrogen-bond donors (Lipinski definition) is 0. The van der Waals surface area contributed by atoms with Crippen LogP contribution in [-0.4, -0.2) is 23.2 Å². The van der Waals surface area contributed by atoms with E-state index in [0.717, 1.165) is 18.4 Å². The molecule has 0 amide bonds. The number of carbonyl (C=O) groups is 1. The average Bonchev–Trinajstić information content (AvgIpc) is 3.25. The number of aromatic nitrogens is 2. The van der Waals surface area contributed by atoms with Gasteiger partial charge < -0.3 is 9.47 Å². The van der Waals surface area contributed by atoms with Gasteiger partial charge in [0.1, 0.15) is 25.5 Å². The summed E-state index contributed by atoms with van der Waals surface area (Å²) >= 11 is 0. The van der Waals surface area contributed by atoms with Crippen molar-refractivity contribution in [3.63, 3.8) is 0 Å². The summed E-state index contributed by atoms with van der Waals surface area (Å²) in [6.45, 7) is 0.975. The van der Waals surface area contributed by atoms with Gasteiger partial charge in [-0.15, -0.1) is 0 Å². The van der Waals surface area contributed by atoms with Gasteiger partial charge in [0.2, 0.25) is 6.33 Å². The third-order valence-electron chi connectivity index (χ3n) is 4.36. The molecule has 0 radical (unpaired) electrons. The molecule has 1 aliphatic rings. The highest BCUT2D eigenvalue weighted by molar-refractivity contribution is 5.76. The molecule has 0 bridgehead atoms. The predicted molar refractivity (Wildman–Crippen MR) is 89.1 cm³/mol. The monoisotopic (exact) mass is 329 g/mol. The molecule has 3 rings (SSSR count). The van der Waals surface area contributed by atoms with Crippen molar-refractivity contribution in [1.29, 1.82) is 0 Å². The summed E-state index contributed by atoms with van der Waals surface area (Å²) < 4.78 is 15.5. The molecule has 1 heterocycles. The number of esters is 1. The lowest BCUT2D eigenvalue weighted by Crippen LogP contribution is -2.25. The molecule has 0 saturated heterocycles. The zero-order valence-electron chi connectivity index (χ0n) is 14.1. The first-order valence-corrected chi connectivity index (χ1v) is 8.60. The van der Waals surface area contributed by atoms with Gasteiger partial charge >= 0.3 is 5.97 Å². The van der Waals surface area contributed by atoms with E-state index in [-0.39, 0.29) is 12.1 Å². The quantitative estimate of drug-likeness (QED) is 0.579. The van der Waals surface area contributed by atoms with E-state index in [4.69, 9.17) is 9.47 Å². The highest BCUT2D eigenvalue weighted by atomic mass is 16.6. The van der Waals surface area contributed by atoms with Gasteiger partial charge in [-0.25, -0.2) is 13.9 Å². The summed E-state index contributed by atoms with van der Waals surface area (Å²) in [6, 6.07) is 9.63. The van der Waals surface area contributed by atoms with Crippen LogP contribution < -0.4 is 4.57 Å². The van der Waals surface area contributed by atoms with E-state index in [0.29, 0.717) is 13.2 Å². The molecular weight excluding hydrogens is 304 g/mol. The Hall–Kier alpha value is -2.14. The van der Waals surface area contributed by atoms with Crippen molar-refractivity contribution in [3.05, 3.63) is 54.6 Å². The maximum absolute atomic E-state index is 12.6. The molecule has 0 spiro atoms. The van der Waals surface area contributed by atoms with Crippen molar-refractivity contribution in [2.45, 2.75) is 44.4 Å². The zero-order valence-corrected chi connectivity index (χ0v) is 14.1. The molecule has 1 atom stereocenters. The lowest BCUT2D eigenvalue weighted by molar-refractivity contribution is -0.671. The molecule has 5 heteroatoms. The average molecular weight is 329 g/mol. The lowest BCUT2D eigenvalue weighted by Gasteiger charge is -2.21. The van der Waals surface area contributed by atoms with Gasteiger partial charge in [-0.05, 0) is 18.4 Å². The molecular formula is C19H25N2O3+. The largest absolute Gasteiger partial charge is 0.459 e. The Morgan fingerprint density at radius 3 is 2.71 bits per heavy atom. The Bertz CT molecular complexity index is 648. The lowest BCUT2D eigenvalue weighted by atomic mass is 10.1. The van der Waals surface area contributed by atoms with Gasteiger partial charge in [-0.3, -0.25) is 0 Å². The van der Waals surface area contributed by atoms with Crippen molar-refractivity contribution in [2.24, 2.45) is 7.05 Å². The molecule has 5 nitrogen and oxygen atoms in total. The van der Waals surface area contributed by atoms with E-state index >= 15 is 0 Å². The maximum Gasteiger partial charge on any atom is 0.340 e. The number of hydrogen-bond acceptors (Lipinski definition) is 3. The zero-order chi connectivity index (χ0) is 16.8. The Kier molecular flexibility index (Phi) is 5.64. The Labute approximate surface area is 142 Å². The minimum atomic E-state index is -0.630. The fourth-order valence-electron chi connectivity index (χ4n) is 3.08. The third kappa shape index (κ3) is 4.45. The summed E-state index contributed by atoms with van der Waals surface area (Å²) in [5, 5.41) is 0. The number of nitrogens with zero attached hydrogens (tertiary/aromatic N) is 2. The Morgan fingerprint density at radius 2 is 2.04 bits per heavy atom. The molecule has 2 aromatic rings. The van der Waals surface area contributed by atoms with E-state index in [1.54, 1.807) is 0 Å². The first-order valence-electron chi connectivity index (χ1n) is 8.60. The normalized spacial score (nSPS) is 16.2. The maximum atomic E-state index is 12.6. The topological polar surface area (TPSA) is 44.3 Å². The van der Waals surface area contributed by atoms with E-state index in [1.807, 2.05) is 65.2 Å².